The van der Waals surface area contributed by atoms with E-state index in [-0.39, 0.29) is 11.4 Å². The number of nitriles is 1. The number of methoxy groups -OCH3 is 1. The van der Waals surface area contributed by atoms with Crippen molar-refractivity contribution in [1.82, 2.24) is 4.98 Å². The van der Waals surface area contributed by atoms with Crippen molar-refractivity contribution in [3.8, 4) is 11.8 Å². The molecule has 4 nitrogen and oxygen atoms in total. The molecule has 0 aliphatic carbocycles. The van der Waals surface area contributed by atoms with Crippen LogP contribution in [0, 0.1) is 17.1 Å². The van der Waals surface area contributed by atoms with Crippen LogP contribution >= 0.6 is 0 Å². The number of allylic oxidation sites excluding steroid dienone is 1. The zero-order valence-corrected chi connectivity index (χ0v) is 13.4. The van der Waals surface area contributed by atoms with Gasteiger partial charge in [-0.15, -0.1) is 0 Å². The second-order valence-corrected chi connectivity index (χ2v) is 5.16. The summed E-state index contributed by atoms with van der Waals surface area (Å²) in [6, 6.07) is 7.45. The molecule has 0 N–H and O–H groups in total. The molecule has 26 heavy (non-hydrogen) atoms. The standard InChI is InChI=1S/C18H12F4N2O2/c1-26-17-7-3-11(8-14(17)19)2-6-16(25)13(9-23)15-5-4-12(10-24-15)18(20,21)22/h2-8,10,13H,1H3/b6-2+. The van der Waals surface area contributed by atoms with Crippen LogP contribution in [0.5, 0.6) is 5.75 Å². The Labute approximate surface area is 146 Å². The van der Waals surface area contributed by atoms with Gasteiger partial charge in [-0.2, -0.15) is 18.4 Å². The number of ketones is 1. The number of hydrogen-bond donors (Lipinski definition) is 0. The van der Waals surface area contributed by atoms with Crippen molar-refractivity contribution < 1.29 is 27.1 Å². The first kappa shape index (κ1) is 19.1. The fourth-order valence-corrected chi connectivity index (χ4v) is 2.08. The lowest BCUT2D eigenvalue weighted by Crippen LogP contribution is -2.11. The highest BCUT2D eigenvalue weighted by atomic mass is 19.4. The van der Waals surface area contributed by atoms with E-state index in [0.29, 0.717) is 11.8 Å². The first-order valence-electron chi connectivity index (χ1n) is 7.24. The van der Waals surface area contributed by atoms with Crippen LogP contribution in [0.3, 0.4) is 0 Å². The molecule has 134 valence electrons. The summed E-state index contributed by atoms with van der Waals surface area (Å²) in [7, 11) is 1.31. The smallest absolute Gasteiger partial charge is 0.417 e. The van der Waals surface area contributed by atoms with Crippen LogP contribution in [0.1, 0.15) is 22.7 Å². The number of ether oxygens (including phenoxy) is 1. The average Bonchev–Trinajstić information content (AvgIpc) is 2.60. The largest absolute Gasteiger partial charge is 0.494 e. The van der Waals surface area contributed by atoms with Crippen molar-refractivity contribution in [3.05, 3.63) is 65.2 Å². The van der Waals surface area contributed by atoms with E-state index in [1.165, 1.54) is 25.3 Å². The summed E-state index contributed by atoms with van der Waals surface area (Å²) in [5.41, 5.74) is -0.723. The van der Waals surface area contributed by atoms with Gasteiger partial charge in [-0.25, -0.2) is 4.39 Å². The number of rotatable bonds is 5. The molecule has 1 aromatic carbocycles. The van der Waals surface area contributed by atoms with Gasteiger partial charge in [0.05, 0.1) is 24.4 Å². The molecule has 0 aliphatic heterocycles. The lowest BCUT2D eigenvalue weighted by atomic mass is 9.99. The number of aromatic nitrogens is 1. The quantitative estimate of drug-likeness (QED) is 0.591. The summed E-state index contributed by atoms with van der Waals surface area (Å²) >= 11 is 0. The summed E-state index contributed by atoms with van der Waals surface area (Å²) < 4.78 is 56.0. The van der Waals surface area contributed by atoms with E-state index in [1.54, 1.807) is 6.07 Å². The van der Waals surface area contributed by atoms with E-state index in [1.807, 2.05) is 0 Å². The van der Waals surface area contributed by atoms with E-state index in [9.17, 15) is 22.4 Å². The minimum absolute atomic E-state index is 0.0392. The van der Waals surface area contributed by atoms with Crippen LogP contribution in [0.4, 0.5) is 17.6 Å². The molecule has 1 unspecified atom stereocenters. The minimum atomic E-state index is -4.56. The van der Waals surface area contributed by atoms with E-state index in [2.05, 4.69) is 4.98 Å². The number of alkyl halides is 3. The molecule has 0 radical (unpaired) electrons. The highest BCUT2D eigenvalue weighted by Crippen LogP contribution is 2.29. The Hall–Kier alpha value is -3.21. The van der Waals surface area contributed by atoms with E-state index in [0.717, 1.165) is 24.3 Å². The number of nitrogens with zero attached hydrogens (tertiary/aromatic N) is 2. The fourth-order valence-electron chi connectivity index (χ4n) is 2.08. The molecule has 0 fully saturated rings. The first-order valence-corrected chi connectivity index (χ1v) is 7.24. The van der Waals surface area contributed by atoms with Crippen molar-refractivity contribution in [2.24, 2.45) is 0 Å². The van der Waals surface area contributed by atoms with Gasteiger partial charge in [0.2, 0.25) is 0 Å². The lowest BCUT2D eigenvalue weighted by Gasteiger charge is -2.08. The lowest BCUT2D eigenvalue weighted by molar-refractivity contribution is -0.137. The Balaban J connectivity index is 2.18. The van der Waals surface area contributed by atoms with E-state index in [4.69, 9.17) is 10.00 Å². The Kier molecular flexibility index (Phi) is 5.72. The molecule has 0 amide bonds. The fraction of sp³-hybridized carbons (Fsp3) is 0.167. The predicted octanol–water partition coefficient (Wildman–Crippen LogP) is 4.14. The molecule has 0 spiro atoms. The molecular formula is C18H12F4N2O2. The molecule has 8 heteroatoms. The van der Waals surface area contributed by atoms with Crippen LogP contribution in [-0.2, 0) is 11.0 Å². The highest BCUT2D eigenvalue weighted by Gasteiger charge is 2.31. The van der Waals surface area contributed by atoms with Crippen LogP contribution in [0.25, 0.3) is 6.08 Å². The summed E-state index contributed by atoms with van der Waals surface area (Å²) in [5, 5.41) is 9.15. The molecule has 1 heterocycles. The Morgan fingerprint density at radius 2 is 2.04 bits per heavy atom. The van der Waals surface area contributed by atoms with E-state index < -0.39 is 29.3 Å². The van der Waals surface area contributed by atoms with Gasteiger partial charge in [0.25, 0.3) is 0 Å². The van der Waals surface area contributed by atoms with Crippen molar-refractivity contribution in [1.29, 1.82) is 5.26 Å². The molecule has 0 saturated carbocycles. The van der Waals surface area contributed by atoms with Crippen molar-refractivity contribution in [2.75, 3.05) is 7.11 Å². The Bertz CT molecular complexity index is 868. The monoisotopic (exact) mass is 364 g/mol. The zero-order valence-electron chi connectivity index (χ0n) is 13.4. The summed E-state index contributed by atoms with van der Waals surface area (Å²) in [6.45, 7) is 0. The maximum Gasteiger partial charge on any atom is 0.417 e. The van der Waals surface area contributed by atoms with Gasteiger partial charge in [0.15, 0.2) is 23.3 Å². The van der Waals surface area contributed by atoms with Crippen molar-refractivity contribution in [2.45, 2.75) is 12.1 Å². The molecule has 1 aromatic heterocycles. The maximum atomic E-state index is 13.6. The number of benzene rings is 1. The van der Waals surface area contributed by atoms with E-state index >= 15 is 0 Å². The molecule has 2 aromatic rings. The molecule has 0 aliphatic rings. The van der Waals surface area contributed by atoms with Gasteiger partial charge in [-0.1, -0.05) is 12.1 Å². The highest BCUT2D eigenvalue weighted by molar-refractivity contribution is 6.00. The molecule has 1 atom stereocenters. The molecule has 0 saturated heterocycles. The topological polar surface area (TPSA) is 63.0 Å². The van der Waals surface area contributed by atoms with Gasteiger partial charge in [-0.3, -0.25) is 9.78 Å². The second-order valence-electron chi connectivity index (χ2n) is 5.16. The summed E-state index contributed by atoms with van der Waals surface area (Å²) in [5.74, 6) is -2.63. The summed E-state index contributed by atoms with van der Waals surface area (Å²) in [4.78, 5) is 15.7. The van der Waals surface area contributed by atoms with Gasteiger partial charge >= 0.3 is 6.18 Å². The SMILES string of the molecule is COc1ccc(/C=C/C(=O)C(C#N)c2ccc(C(F)(F)F)cn2)cc1F. The normalized spacial score (nSPS) is 12.6. The average molecular weight is 364 g/mol. The van der Waals surface area contributed by atoms with Crippen LogP contribution in [-0.4, -0.2) is 17.9 Å². The third-order valence-electron chi connectivity index (χ3n) is 3.44. The van der Waals surface area contributed by atoms with Crippen molar-refractivity contribution in [3.63, 3.8) is 0 Å². The molecule has 2 rings (SSSR count). The molecular weight excluding hydrogens is 352 g/mol. The van der Waals surface area contributed by atoms with Gasteiger partial charge in [0, 0.05) is 6.20 Å². The van der Waals surface area contributed by atoms with Gasteiger partial charge < -0.3 is 4.74 Å². The first-order chi connectivity index (χ1) is 12.3. The molecule has 0 bridgehead atoms. The number of carbonyl (C=O) groups is 1. The van der Waals surface area contributed by atoms with Crippen LogP contribution in [0.15, 0.2) is 42.6 Å². The van der Waals surface area contributed by atoms with Crippen molar-refractivity contribution >= 4 is 11.9 Å². The minimum Gasteiger partial charge on any atom is -0.494 e. The third kappa shape index (κ3) is 4.45. The third-order valence-corrected chi connectivity index (χ3v) is 3.44. The van der Waals surface area contributed by atoms with Crippen LogP contribution in [0.2, 0.25) is 0 Å². The second kappa shape index (κ2) is 7.78. The Morgan fingerprint density at radius 3 is 2.54 bits per heavy atom. The Morgan fingerprint density at radius 1 is 1.31 bits per heavy atom. The number of pyridine rings is 1. The summed E-state index contributed by atoms with van der Waals surface area (Å²) in [6.07, 6.45) is -1.65. The van der Waals surface area contributed by atoms with Crippen LogP contribution < -0.4 is 4.74 Å². The number of halogens is 4. The number of carbonyl (C=O) groups excluding carboxylic acids is 1. The zero-order chi connectivity index (χ0) is 19.3. The van der Waals surface area contributed by atoms with Gasteiger partial charge in [-0.05, 0) is 35.9 Å². The maximum absolute atomic E-state index is 13.6. The van der Waals surface area contributed by atoms with Gasteiger partial charge in [0.1, 0.15) is 0 Å². The number of hydrogen-bond acceptors (Lipinski definition) is 4. The predicted molar refractivity (Wildman–Crippen MR) is 84.6 cm³/mol.